The maximum atomic E-state index is 13.7. The van der Waals surface area contributed by atoms with Crippen molar-refractivity contribution >= 4 is 27.4 Å². The Labute approximate surface area is 241 Å². The van der Waals surface area contributed by atoms with Crippen molar-refractivity contribution in [3.05, 3.63) is 107 Å². The molecule has 2 heterocycles. The van der Waals surface area contributed by atoms with Crippen molar-refractivity contribution in [2.75, 3.05) is 23.3 Å². The van der Waals surface area contributed by atoms with Crippen molar-refractivity contribution in [2.45, 2.75) is 31.1 Å². The number of nitrogens with zero attached hydrogens (tertiary/aromatic N) is 2. The fraction of sp³-hybridized carbons (Fsp3) is 0.200. The molecule has 5 rings (SSSR count). The molecule has 3 aromatic carbocycles. The molecule has 0 aliphatic carbocycles. The molecule has 4 aromatic rings. The van der Waals surface area contributed by atoms with Gasteiger partial charge in [0.05, 0.1) is 16.1 Å². The van der Waals surface area contributed by atoms with Crippen molar-refractivity contribution in [1.82, 2.24) is 10.3 Å². The number of amides is 1. The third-order valence-electron chi connectivity index (χ3n) is 6.97. The number of benzene rings is 3. The predicted octanol–water partition coefficient (Wildman–Crippen LogP) is 5.09. The van der Waals surface area contributed by atoms with Gasteiger partial charge in [0.25, 0.3) is 5.91 Å². The zero-order valence-corrected chi connectivity index (χ0v) is 23.4. The highest BCUT2D eigenvalue weighted by Gasteiger charge is 2.34. The number of alkyl halides is 3. The fourth-order valence-electron chi connectivity index (χ4n) is 4.84. The monoisotopic (exact) mass is 595 g/mol. The molecule has 8 nitrogen and oxygen atoms in total. The van der Waals surface area contributed by atoms with Gasteiger partial charge < -0.3 is 15.5 Å². The van der Waals surface area contributed by atoms with E-state index in [-0.39, 0.29) is 29.5 Å². The highest BCUT2D eigenvalue weighted by Crippen LogP contribution is 2.36. The number of carbonyl (C=O) groups excluding carboxylic acids is 1. The lowest BCUT2D eigenvalue weighted by atomic mass is 10.0. The van der Waals surface area contributed by atoms with E-state index in [1.54, 1.807) is 49.5 Å². The summed E-state index contributed by atoms with van der Waals surface area (Å²) in [5.41, 5.74) is 3.47. The number of hydrogen-bond donors (Lipinski definition) is 3. The van der Waals surface area contributed by atoms with Crippen LogP contribution in [-0.2, 0) is 29.3 Å². The highest BCUT2D eigenvalue weighted by atomic mass is 32.2. The molecule has 1 amide bonds. The van der Waals surface area contributed by atoms with Crippen molar-refractivity contribution in [2.24, 2.45) is 5.14 Å². The first-order valence-electron chi connectivity index (χ1n) is 13.0. The normalized spacial score (nSPS) is 13.3. The van der Waals surface area contributed by atoms with Crippen LogP contribution in [0.15, 0.2) is 83.9 Å². The van der Waals surface area contributed by atoms with Gasteiger partial charge >= 0.3 is 6.18 Å². The number of nitrogens with one attached hydrogen (secondary N) is 2. The van der Waals surface area contributed by atoms with Crippen molar-refractivity contribution < 1.29 is 26.4 Å². The first kappa shape index (κ1) is 29.1. The minimum Gasteiger partial charge on any atom is -0.367 e. The molecule has 1 aliphatic heterocycles. The summed E-state index contributed by atoms with van der Waals surface area (Å²) in [4.78, 5) is 19.3. The Balaban J connectivity index is 1.35. The van der Waals surface area contributed by atoms with E-state index < -0.39 is 21.8 Å². The third-order valence-corrected chi connectivity index (χ3v) is 7.90. The van der Waals surface area contributed by atoms with Crippen molar-refractivity contribution in [3.8, 4) is 11.1 Å². The van der Waals surface area contributed by atoms with Gasteiger partial charge in [0.1, 0.15) is 5.82 Å². The number of aryl methyl sites for hydroxylation is 1. The Morgan fingerprint density at radius 2 is 1.81 bits per heavy atom. The lowest BCUT2D eigenvalue weighted by molar-refractivity contribution is -0.138. The number of halogens is 3. The van der Waals surface area contributed by atoms with Gasteiger partial charge in [-0.25, -0.2) is 18.5 Å². The molecule has 0 bridgehead atoms. The maximum Gasteiger partial charge on any atom is 0.416 e. The molecule has 0 unspecified atom stereocenters. The summed E-state index contributed by atoms with van der Waals surface area (Å²) in [6.45, 7) is 3.03. The van der Waals surface area contributed by atoms with E-state index in [9.17, 15) is 26.4 Å². The van der Waals surface area contributed by atoms with Crippen LogP contribution in [0, 0.1) is 6.92 Å². The van der Waals surface area contributed by atoms with Gasteiger partial charge in [0, 0.05) is 43.5 Å². The van der Waals surface area contributed by atoms with Crippen LogP contribution in [0.4, 0.5) is 24.7 Å². The van der Waals surface area contributed by atoms with E-state index in [0.29, 0.717) is 46.8 Å². The topological polar surface area (TPSA) is 117 Å². The summed E-state index contributed by atoms with van der Waals surface area (Å²) in [5.74, 6) is 0.245. The van der Waals surface area contributed by atoms with Gasteiger partial charge in [-0.15, -0.1) is 0 Å². The summed E-state index contributed by atoms with van der Waals surface area (Å²) < 4.78 is 64.1. The third kappa shape index (κ3) is 6.55. The standard InChI is InChI=1S/C30H28F3N5O3S/c1-19-5-10-26(30(31,32)33)24(13-19)18-38-12-11-35-28-27(38)15-23(17-36-28)21-3-2-4-22(14-21)29(39)37-16-20-6-8-25(9-7-20)42(34,40)41/h2-10,13-15,17H,11-12,16,18H2,1H3,(H,35,36)(H,37,39)(H2,34,40,41). The average Bonchev–Trinajstić information content (AvgIpc) is 2.95. The second kappa shape index (κ2) is 11.5. The van der Waals surface area contributed by atoms with E-state index in [2.05, 4.69) is 15.6 Å². The highest BCUT2D eigenvalue weighted by molar-refractivity contribution is 7.89. The van der Waals surface area contributed by atoms with Crippen LogP contribution < -0.4 is 20.7 Å². The lowest BCUT2D eigenvalue weighted by Gasteiger charge is -2.32. The number of sulfonamides is 1. The van der Waals surface area contributed by atoms with Crippen LogP contribution in [-0.4, -0.2) is 32.4 Å². The van der Waals surface area contributed by atoms with Crippen LogP contribution >= 0.6 is 0 Å². The average molecular weight is 596 g/mol. The summed E-state index contributed by atoms with van der Waals surface area (Å²) in [6, 6.07) is 18.9. The number of hydrogen-bond acceptors (Lipinski definition) is 6. The number of fused-ring (bicyclic) bond motifs is 1. The van der Waals surface area contributed by atoms with Gasteiger partial charge in [0.15, 0.2) is 0 Å². The summed E-state index contributed by atoms with van der Waals surface area (Å²) in [5, 5.41) is 11.1. The zero-order valence-electron chi connectivity index (χ0n) is 22.6. The molecule has 0 fully saturated rings. The lowest BCUT2D eigenvalue weighted by Crippen LogP contribution is -2.34. The number of aromatic nitrogens is 1. The zero-order chi connectivity index (χ0) is 30.1. The van der Waals surface area contributed by atoms with Gasteiger partial charge in [-0.1, -0.05) is 42.0 Å². The van der Waals surface area contributed by atoms with Crippen LogP contribution in [0.3, 0.4) is 0 Å². The number of pyridine rings is 1. The molecule has 0 saturated heterocycles. The Kier molecular flexibility index (Phi) is 7.93. The minimum absolute atomic E-state index is 0.0163. The van der Waals surface area contributed by atoms with Crippen LogP contribution in [0.25, 0.3) is 11.1 Å². The molecule has 42 heavy (non-hydrogen) atoms. The SMILES string of the molecule is Cc1ccc(C(F)(F)F)c(CN2CCNc3ncc(-c4cccc(C(=O)NCc5ccc(S(N)(=O)=O)cc5)c4)cc32)c1. The summed E-state index contributed by atoms with van der Waals surface area (Å²) >= 11 is 0. The molecule has 1 aromatic heterocycles. The van der Waals surface area contributed by atoms with E-state index in [1.807, 2.05) is 17.0 Å². The Morgan fingerprint density at radius 1 is 1.05 bits per heavy atom. The number of rotatable bonds is 7. The molecule has 4 N–H and O–H groups in total. The van der Waals surface area contributed by atoms with Crippen molar-refractivity contribution in [3.63, 3.8) is 0 Å². The first-order chi connectivity index (χ1) is 19.9. The molecule has 12 heteroatoms. The molecule has 0 spiro atoms. The number of carbonyl (C=O) groups is 1. The van der Waals surface area contributed by atoms with Gasteiger partial charge in [-0.2, -0.15) is 13.2 Å². The molecular formula is C30H28F3N5O3S. The number of nitrogens with two attached hydrogens (primary N) is 1. The molecule has 1 aliphatic rings. The molecule has 0 atom stereocenters. The van der Waals surface area contributed by atoms with E-state index in [1.165, 1.54) is 18.2 Å². The Hall–Kier alpha value is -4.42. The van der Waals surface area contributed by atoms with Crippen molar-refractivity contribution in [1.29, 1.82) is 0 Å². The van der Waals surface area contributed by atoms with E-state index in [0.717, 1.165) is 11.6 Å². The Morgan fingerprint density at radius 3 is 2.52 bits per heavy atom. The van der Waals surface area contributed by atoms with Gasteiger partial charge in [0.2, 0.25) is 10.0 Å². The number of anilines is 2. The largest absolute Gasteiger partial charge is 0.416 e. The molecule has 0 radical (unpaired) electrons. The first-order valence-corrected chi connectivity index (χ1v) is 14.6. The number of primary sulfonamides is 1. The quantitative estimate of drug-likeness (QED) is 0.274. The summed E-state index contributed by atoms with van der Waals surface area (Å²) in [7, 11) is -3.80. The molecule has 0 saturated carbocycles. The smallest absolute Gasteiger partial charge is 0.367 e. The second-order valence-corrected chi connectivity index (χ2v) is 11.6. The molecule has 218 valence electrons. The van der Waals surface area contributed by atoms with Crippen LogP contribution in [0.1, 0.15) is 32.6 Å². The maximum absolute atomic E-state index is 13.7. The second-order valence-electron chi connectivity index (χ2n) is 10.1. The summed E-state index contributed by atoms with van der Waals surface area (Å²) in [6.07, 6.45) is -2.80. The van der Waals surface area contributed by atoms with Crippen LogP contribution in [0.5, 0.6) is 0 Å². The van der Waals surface area contributed by atoms with Gasteiger partial charge in [-0.3, -0.25) is 4.79 Å². The molecular weight excluding hydrogens is 567 g/mol. The van der Waals surface area contributed by atoms with E-state index >= 15 is 0 Å². The predicted molar refractivity (Wildman–Crippen MR) is 154 cm³/mol. The Bertz CT molecular complexity index is 1740. The van der Waals surface area contributed by atoms with Crippen LogP contribution in [0.2, 0.25) is 0 Å². The minimum atomic E-state index is -4.46. The van der Waals surface area contributed by atoms with E-state index in [4.69, 9.17) is 5.14 Å². The fourth-order valence-corrected chi connectivity index (χ4v) is 5.35. The van der Waals surface area contributed by atoms with Gasteiger partial charge in [-0.05, 0) is 60.0 Å².